The Kier molecular flexibility index (Phi) is 7.31. The zero-order chi connectivity index (χ0) is 17.6. The van der Waals surface area contributed by atoms with Gasteiger partial charge in [-0.15, -0.1) is 0 Å². The number of hydrogen-bond donors (Lipinski definition) is 3. The van der Waals surface area contributed by atoms with Crippen LogP contribution in [0.25, 0.3) is 0 Å². The summed E-state index contributed by atoms with van der Waals surface area (Å²) in [6.45, 7) is 10.3. The molecule has 0 rings (SSSR count). The largest absolute Gasteiger partial charge is 0.480 e. The molecule has 0 aromatic rings. The molecule has 0 bridgehead atoms. The fraction of sp³-hybridized carbons (Fsp3) is 0.786. The average molecular weight is 318 g/mol. The van der Waals surface area contributed by atoms with E-state index in [1.165, 1.54) is 0 Å². The summed E-state index contributed by atoms with van der Waals surface area (Å²) in [6, 6.07) is -1.25. The minimum Gasteiger partial charge on any atom is -0.480 e. The Labute approximate surface area is 130 Å². The van der Waals surface area contributed by atoms with Crippen molar-refractivity contribution >= 4 is 18.5 Å². The molecule has 0 aromatic heterocycles. The predicted molar refractivity (Wildman–Crippen MR) is 79.2 cm³/mol. The summed E-state index contributed by atoms with van der Waals surface area (Å²) in [5.74, 6) is -1.25. The lowest BCUT2D eigenvalue weighted by atomic mass is 10.1. The fourth-order valence-corrected chi connectivity index (χ4v) is 1.54. The molecule has 0 heterocycles. The van der Waals surface area contributed by atoms with Crippen LogP contribution in [0.4, 0.5) is 4.79 Å². The Bertz CT molecular complexity index is 397. The minimum atomic E-state index is -1.25. The van der Waals surface area contributed by atoms with Crippen LogP contribution in [-0.2, 0) is 19.1 Å². The molecule has 0 aromatic carbocycles. The molecular formula is C14H26N2O6. The molecule has 128 valence electrons. The Morgan fingerprint density at radius 1 is 1.14 bits per heavy atom. The summed E-state index contributed by atoms with van der Waals surface area (Å²) in [6.07, 6.45) is -1.41. The Balaban J connectivity index is 4.82. The molecule has 8 heteroatoms. The first-order chi connectivity index (χ1) is 9.84. The predicted octanol–water partition coefficient (Wildman–Crippen LogP) is 1.24. The molecule has 0 fully saturated rings. The van der Waals surface area contributed by atoms with Crippen LogP contribution in [0.2, 0.25) is 0 Å². The molecule has 2 atom stereocenters. The molecule has 0 spiro atoms. The molecule has 22 heavy (non-hydrogen) atoms. The van der Waals surface area contributed by atoms with E-state index >= 15 is 0 Å². The molecule has 8 nitrogen and oxygen atoms in total. The van der Waals surface area contributed by atoms with Crippen molar-refractivity contribution in [3.63, 3.8) is 0 Å². The molecule has 0 saturated heterocycles. The third-order valence-corrected chi connectivity index (χ3v) is 2.19. The van der Waals surface area contributed by atoms with Crippen LogP contribution in [0, 0.1) is 0 Å². The van der Waals surface area contributed by atoms with Crippen molar-refractivity contribution in [3.05, 3.63) is 0 Å². The maximum absolute atomic E-state index is 11.7. The topological polar surface area (TPSA) is 114 Å². The van der Waals surface area contributed by atoms with Crippen molar-refractivity contribution in [2.45, 2.75) is 71.4 Å². The van der Waals surface area contributed by atoms with Gasteiger partial charge < -0.3 is 25.2 Å². The van der Waals surface area contributed by atoms with Crippen molar-refractivity contribution in [2.24, 2.45) is 0 Å². The van der Waals surface area contributed by atoms with Crippen LogP contribution in [0.5, 0.6) is 0 Å². The highest BCUT2D eigenvalue weighted by Gasteiger charge is 2.29. The minimum absolute atomic E-state index is 0.134. The van der Waals surface area contributed by atoms with Gasteiger partial charge in [-0.1, -0.05) is 0 Å². The standard InChI is InChI=1S/C14H26N2O6/c1-13(2,3)21-10(15-8-17)7-9(11(18)19)16-12(20)22-14(4,5)6/h8-10H,7H2,1-6H3,(H,15,17)(H,16,20)(H,18,19). The van der Waals surface area contributed by atoms with E-state index in [1.54, 1.807) is 41.5 Å². The van der Waals surface area contributed by atoms with Gasteiger partial charge in [0.15, 0.2) is 0 Å². The van der Waals surface area contributed by atoms with Gasteiger partial charge in [0.1, 0.15) is 17.9 Å². The summed E-state index contributed by atoms with van der Waals surface area (Å²) in [4.78, 5) is 33.5. The summed E-state index contributed by atoms with van der Waals surface area (Å²) in [5, 5.41) is 13.8. The normalized spacial score (nSPS) is 14.6. The molecule has 0 aliphatic heterocycles. The fourth-order valence-electron chi connectivity index (χ4n) is 1.54. The number of carbonyl (C=O) groups is 3. The number of amides is 2. The first-order valence-electron chi connectivity index (χ1n) is 6.94. The molecule has 3 N–H and O–H groups in total. The molecule has 0 radical (unpaired) electrons. The zero-order valence-corrected chi connectivity index (χ0v) is 13.9. The number of rotatable bonds is 7. The molecule has 2 amide bonds. The Morgan fingerprint density at radius 2 is 1.68 bits per heavy atom. The van der Waals surface area contributed by atoms with Crippen molar-refractivity contribution < 1.29 is 29.0 Å². The van der Waals surface area contributed by atoms with Crippen LogP contribution >= 0.6 is 0 Å². The number of aliphatic carboxylic acids is 1. The first kappa shape index (κ1) is 20.2. The quantitative estimate of drug-likeness (QED) is 0.481. The number of carboxylic acid groups (broad SMARTS) is 1. The van der Waals surface area contributed by atoms with Crippen LogP contribution in [0.15, 0.2) is 0 Å². The van der Waals surface area contributed by atoms with Crippen molar-refractivity contribution in [1.29, 1.82) is 0 Å². The SMILES string of the molecule is CC(C)(C)OC(=O)NC(CC(NC=O)OC(C)(C)C)C(=O)O. The van der Waals surface area contributed by atoms with E-state index in [0.717, 1.165) is 0 Å². The highest BCUT2D eigenvalue weighted by atomic mass is 16.6. The van der Waals surface area contributed by atoms with Crippen LogP contribution in [0.3, 0.4) is 0 Å². The third-order valence-electron chi connectivity index (χ3n) is 2.19. The first-order valence-corrected chi connectivity index (χ1v) is 6.94. The number of alkyl carbamates (subject to hydrolysis) is 1. The number of hydrogen-bond acceptors (Lipinski definition) is 5. The van der Waals surface area contributed by atoms with Gasteiger partial charge in [-0.05, 0) is 41.5 Å². The number of carboxylic acids is 1. The summed E-state index contributed by atoms with van der Waals surface area (Å²) < 4.78 is 10.6. The van der Waals surface area contributed by atoms with Gasteiger partial charge in [0.05, 0.1) is 5.60 Å². The average Bonchev–Trinajstić information content (AvgIpc) is 2.23. The maximum Gasteiger partial charge on any atom is 0.408 e. The van der Waals surface area contributed by atoms with Gasteiger partial charge in [0.25, 0.3) is 0 Å². The second-order valence-corrected chi connectivity index (χ2v) is 6.78. The molecule has 0 saturated carbocycles. The van der Waals surface area contributed by atoms with Crippen molar-refractivity contribution in [1.82, 2.24) is 10.6 Å². The van der Waals surface area contributed by atoms with E-state index in [9.17, 15) is 19.5 Å². The monoisotopic (exact) mass is 318 g/mol. The van der Waals surface area contributed by atoms with Gasteiger partial charge in [-0.3, -0.25) is 4.79 Å². The number of carbonyl (C=O) groups excluding carboxylic acids is 2. The molecule has 2 unspecified atom stereocenters. The van der Waals surface area contributed by atoms with Gasteiger partial charge in [-0.2, -0.15) is 0 Å². The van der Waals surface area contributed by atoms with E-state index in [1.807, 2.05) is 0 Å². The Hall–Kier alpha value is -1.83. The van der Waals surface area contributed by atoms with Crippen molar-refractivity contribution in [2.75, 3.05) is 0 Å². The van der Waals surface area contributed by atoms with Crippen molar-refractivity contribution in [3.8, 4) is 0 Å². The lowest BCUT2D eigenvalue weighted by molar-refractivity contribution is -0.143. The summed E-state index contributed by atoms with van der Waals surface area (Å²) in [5.41, 5.74) is -1.33. The van der Waals surface area contributed by atoms with E-state index in [4.69, 9.17) is 9.47 Å². The highest BCUT2D eigenvalue weighted by molar-refractivity contribution is 5.80. The summed E-state index contributed by atoms with van der Waals surface area (Å²) >= 11 is 0. The van der Waals surface area contributed by atoms with Crippen LogP contribution in [-0.4, -0.2) is 47.1 Å². The molecule has 0 aliphatic rings. The summed E-state index contributed by atoms with van der Waals surface area (Å²) in [7, 11) is 0. The second kappa shape index (κ2) is 7.98. The Morgan fingerprint density at radius 3 is 2.05 bits per heavy atom. The molecular weight excluding hydrogens is 292 g/mol. The lowest BCUT2D eigenvalue weighted by Crippen LogP contribution is -2.49. The van der Waals surface area contributed by atoms with E-state index in [-0.39, 0.29) is 6.42 Å². The smallest absolute Gasteiger partial charge is 0.408 e. The van der Waals surface area contributed by atoms with Gasteiger partial charge in [0.2, 0.25) is 6.41 Å². The van der Waals surface area contributed by atoms with Crippen LogP contribution < -0.4 is 10.6 Å². The van der Waals surface area contributed by atoms with Gasteiger partial charge in [0, 0.05) is 6.42 Å². The second-order valence-electron chi connectivity index (χ2n) is 6.78. The molecule has 0 aliphatic carbocycles. The lowest BCUT2D eigenvalue weighted by Gasteiger charge is -2.29. The maximum atomic E-state index is 11.7. The third kappa shape index (κ3) is 9.98. The highest BCUT2D eigenvalue weighted by Crippen LogP contribution is 2.13. The van der Waals surface area contributed by atoms with E-state index in [2.05, 4.69) is 10.6 Å². The van der Waals surface area contributed by atoms with Crippen LogP contribution in [0.1, 0.15) is 48.0 Å². The van der Waals surface area contributed by atoms with Gasteiger partial charge in [-0.25, -0.2) is 9.59 Å². The number of ether oxygens (including phenoxy) is 2. The van der Waals surface area contributed by atoms with E-state index in [0.29, 0.717) is 6.41 Å². The zero-order valence-electron chi connectivity index (χ0n) is 13.9. The number of nitrogens with one attached hydrogen (secondary N) is 2. The van der Waals surface area contributed by atoms with Gasteiger partial charge >= 0.3 is 12.1 Å². The van der Waals surface area contributed by atoms with E-state index < -0.39 is 35.5 Å².